The fourth-order valence-electron chi connectivity index (χ4n) is 3.01. The zero-order valence-corrected chi connectivity index (χ0v) is 14.0. The molecule has 0 aliphatic carbocycles. The lowest BCUT2D eigenvalue weighted by Crippen LogP contribution is -2.37. The van der Waals surface area contributed by atoms with Crippen LogP contribution in [0.25, 0.3) is 0 Å². The maximum absolute atomic E-state index is 12.6. The summed E-state index contributed by atoms with van der Waals surface area (Å²) < 4.78 is 0. The second kappa shape index (κ2) is 6.53. The summed E-state index contributed by atoms with van der Waals surface area (Å²) in [5.41, 5.74) is 3.35. The van der Waals surface area contributed by atoms with E-state index in [1.165, 1.54) is 5.56 Å². The van der Waals surface area contributed by atoms with Gasteiger partial charge in [-0.05, 0) is 65.4 Å². The Balaban J connectivity index is 1.62. The number of hydrogen-bond donors (Lipinski definition) is 0. The quantitative estimate of drug-likeness (QED) is 0.859. The first kappa shape index (κ1) is 15.1. The average molecular weight is 314 g/mol. The van der Waals surface area contributed by atoms with Crippen LogP contribution < -0.4 is 4.90 Å². The molecular weight excluding hydrogens is 292 g/mol. The van der Waals surface area contributed by atoms with Crippen LogP contribution in [0.2, 0.25) is 0 Å². The number of benzene rings is 1. The number of nitrogens with zero attached hydrogens (tertiary/aromatic N) is 2. The first-order valence-electron chi connectivity index (χ1n) is 7.74. The van der Waals surface area contributed by atoms with Crippen molar-refractivity contribution in [3.63, 3.8) is 0 Å². The van der Waals surface area contributed by atoms with Gasteiger partial charge in [-0.15, -0.1) is 0 Å². The molecule has 0 saturated carbocycles. The Kier molecular flexibility index (Phi) is 4.48. The summed E-state index contributed by atoms with van der Waals surface area (Å²) in [4.78, 5) is 16.6. The summed E-state index contributed by atoms with van der Waals surface area (Å²) in [7, 11) is 4.01. The van der Waals surface area contributed by atoms with E-state index < -0.39 is 0 Å². The normalized spacial score (nSPS) is 15.8. The Morgan fingerprint density at radius 2 is 1.82 bits per heavy atom. The van der Waals surface area contributed by atoms with Crippen molar-refractivity contribution < 1.29 is 4.79 Å². The maximum Gasteiger partial charge on any atom is 0.253 e. The summed E-state index contributed by atoms with van der Waals surface area (Å²) in [6.45, 7) is 1.71. The summed E-state index contributed by atoms with van der Waals surface area (Å²) in [6.07, 6.45) is 2.14. The molecule has 0 unspecified atom stereocenters. The Bertz CT molecular complexity index is 611. The lowest BCUT2D eigenvalue weighted by atomic mass is 9.91. The van der Waals surface area contributed by atoms with E-state index in [1.807, 2.05) is 48.2 Å². The van der Waals surface area contributed by atoms with E-state index in [1.54, 1.807) is 11.3 Å². The van der Waals surface area contributed by atoms with Crippen molar-refractivity contribution in [2.45, 2.75) is 18.8 Å². The third kappa shape index (κ3) is 3.17. The lowest BCUT2D eigenvalue weighted by Gasteiger charge is -2.32. The molecule has 0 spiro atoms. The van der Waals surface area contributed by atoms with Crippen LogP contribution in [-0.4, -0.2) is 38.0 Å². The number of anilines is 1. The van der Waals surface area contributed by atoms with Gasteiger partial charge in [0.25, 0.3) is 5.91 Å². The Morgan fingerprint density at radius 1 is 1.14 bits per heavy atom. The van der Waals surface area contributed by atoms with E-state index in [9.17, 15) is 4.79 Å². The van der Waals surface area contributed by atoms with Crippen LogP contribution in [0.4, 0.5) is 5.69 Å². The first-order chi connectivity index (χ1) is 10.6. The highest BCUT2D eigenvalue weighted by molar-refractivity contribution is 7.07. The zero-order valence-electron chi connectivity index (χ0n) is 13.2. The fourth-order valence-corrected chi connectivity index (χ4v) is 3.75. The third-order valence-corrected chi connectivity index (χ3v) is 5.13. The molecule has 116 valence electrons. The molecule has 1 aliphatic heterocycles. The molecule has 1 fully saturated rings. The molecule has 1 amide bonds. The molecular formula is C18H22N2OS. The third-order valence-electron chi connectivity index (χ3n) is 4.43. The molecule has 3 nitrogen and oxygen atoms in total. The molecule has 0 N–H and O–H groups in total. The second-order valence-corrected chi connectivity index (χ2v) is 6.84. The SMILES string of the molecule is CN(C)c1ccc(C(=O)N2CCC(c3ccsc3)CC2)cc1. The number of amides is 1. The van der Waals surface area contributed by atoms with E-state index in [-0.39, 0.29) is 5.91 Å². The zero-order chi connectivity index (χ0) is 15.5. The molecule has 1 aromatic heterocycles. The minimum atomic E-state index is 0.161. The van der Waals surface area contributed by atoms with E-state index >= 15 is 0 Å². The van der Waals surface area contributed by atoms with Crippen molar-refractivity contribution in [2.75, 3.05) is 32.1 Å². The van der Waals surface area contributed by atoms with Crippen LogP contribution in [0.15, 0.2) is 41.1 Å². The minimum absolute atomic E-state index is 0.161. The monoisotopic (exact) mass is 314 g/mol. The largest absolute Gasteiger partial charge is 0.378 e. The highest BCUT2D eigenvalue weighted by Gasteiger charge is 2.24. The molecule has 0 radical (unpaired) electrons. The van der Waals surface area contributed by atoms with Gasteiger partial charge in [0.2, 0.25) is 0 Å². The van der Waals surface area contributed by atoms with E-state index in [0.717, 1.165) is 37.2 Å². The van der Waals surface area contributed by atoms with Gasteiger partial charge >= 0.3 is 0 Å². The van der Waals surface area contributed by atoms with Crippen LogP contribution in [0.5, 0.6) is 0 Å². The summed E-state index contributed by atoms with van der Waals surface area (Å²) in [5, 5.41) is 4.38. The molecule has 0 bridgehead atoms. The van der Waals surface area contributed by atoms with Gasteiger partial charge in [0, 0.05) is 38.4 Å². The summed E-state index contributed by atoms with van der Waals surface area (Å²) in [5.74, 6) is 0.778. The van der Waals surface area contributed by atoms with Gasteiger partial charge in [-0.2, -0.15) is 11.3 Å². The van der Waals surface area contributed by atoms with E-state index in [0.29, 0.717) is 5.92 Å². The molecule has 1 aromatic carbocycles. The highest BCUT2D eigenvalue weighted by atomic mass is 32.1. The van der Waals surface area contributed by atoms with Gasteiger partial charge in [0.1, 0.15) is 0 Å². The van der Waals surface area contributed by atoms with Crippen LogP contribution in [0.3, 0.4) is 0 Å². The van der Waals surface area contributed by atoms with Gasteiger partial charge in [0.05, 0.1) is 0 Å². The number of thiophene rings is 1. The van der Waals surface area contributed by atoms with Crippen molar-refractivity contribution in [1.82, 2.24) is 4.90 Å². The van der Waals surface area contributed by atoms with Crippen molar-refractivity contribution in [2.24, 2.45) is 0 Å². The van der Waals surface area contributed by atoms with Crippen LogP contribution in [-0.2, 0) is 0 Å². The number of piperidine rings is 1. The predicted octanol–water partition coefficient (Wildman–Crippen LogP) is 3.83. The fraction of sp³-hybridized carbons (Fsp3) is 0.389. The summed E-state index contributed by atoms with van der Waals surface area (Å²) >= 11 is 1.76. The topological polar surface area (TPSA) is 23.6 Å². The van der Waals surface area contributed by atoms with Crippen LogP contribution >= 0.6 is 11.3 Å². The molecule has 2 aromatic rings. The predicted molar refractivity (Wildman–Crippen MR) is 93.0 cm³/mol. The highest BCUT2D eigenvalue weighted by Crippen LogP contribution is 2.30. The van der Waals surface area contributed by atoms with Crippen molar-refractivity contribution >= 4 is 22.9 Å². The van der Waals surface area contributed by atoms with Crippen molar-refractivity contribution in [3.8, 4) is 0 Å². The number of hydrogen-bond acceptors (Lipinski definition) is 3. The van der Waals surface area contributed by atoms with Crippen molar-refractivity contribution in [3.05, 3.63) is 52.2 Å². The molecule has 22 heavy (non-hydrogen) atoms. The minimum Gasteiger partial charge on any atom is -0.378 e. The van der Waals surface area contributed by atoms with Gasteiger partial charge in [0.15, 0.2) is 0 Å². The lowest BCUT2D eigenvalue weighted by molar-refractivity contribution is 0.0713. The molecule has 0 atom stereocenters. The molecule has 4 heteroatoms. The first-order valence-corrected chi connectivity index (χ1v) is 8.68. The van der Waals surface area contributed by atoms with Crippen molar-refractivity contribution in [1.29, 1.82) is 0 Å². The van der Waals surface area contributed by atoms with Gasteiger partial charge in [-0.3, -0.25) is 4.79 Å². The van der Waals surface area contributed by atoms with E-state index in [2.05, 4.69) is 16.8 Å². The number of carbonyl (C=O) groups is 1. The molecule has 3 rings (SSSR count). The smallest absolute Gasteiger partial charge is 0.253 e. The number of likely N-dealkylation sites (tertiary alicyclic amines) is 1. The second-order valence-electron chi connectivity index (χ2n) is 6.06. The Hall–Kier alpha value is -1.81. The van der Waals surface area contributed by atoms with Gasteiger partial charge in [-0.1, -0.05) is 0 Å². The van der Waals surface area contributed by atoms with Crippen LogP contribution in [0.1, 0.15) is 34.7 Å². The number of carbonyl (C=O) groups excluding carboxylic acids is 1. The van der Waals surface area contributed by atoms with Gasteiger partial charge < -0.3 is 9.80 Å². The molecule has 1 aliphatic rings. The maximum atomic E-state index is 12.6. The molecule has 2 heterocycles. The van der Waals surface area contributed by atoms with Gasteiger partial charge in [-0.25, -0.2) is 0 Å². The average Bonchev–Trinajstić information content (AvgIpc) is 3.09. The summed E-state index contributed by atoms with van der Waals surface area (Å²) in [6, 6.07) is 10.1. The van der Waals surface area contributed by atoms with Crippen LogP contribution in [0, 0.1) is 0 Å². The standard InChI is InChI=1S/C18H22N2OS/c1-19(2)17-5-3-15(4-6-17)18(21)20-10-7-14(8-11-20)16-9-12-22-13-16/h3-6,9,12-14H,7-8,10-11H2,1-2H3. The molecule has 1 saturated heterocycles. The Morgan fingerprint density at radius 3 is 2.36 bits per heavy atom. The number of rotatable bonds is 3. The Labute approximate surface area is 136 Å². The van der Waals surface area contributed by atoms with E-state index in [4.69, 9.17) is 0 Å².